The van der Waals surface area contributed by atoms with Crippen LogP contribution in [0, 0.1) is 0 Å². The second kappa shape index (κ2) is 8.14. The fraction of sp³-hybridized carbons (Fsp3) is 0.538. The van der Waals surface area contributed by atoms with Crippen LogP contribution in [-0.2, 0) is 10.0 Å². The minimum absolute atomic E-state index is 0.254. The van der Waals surface area contributed by atoms with Crippen LogP contribution in [0.5, 0.6) is 5.75 Å². The van der Waals surface area contributed by atoms with Crippen molar-refractivity contribution >= 4 is 10.0 Å². The van der Waals surface area contributed by atoms with E-state index < -0.39 is 10.0 Å². The van der Waals surface area contributed by atoms with Gasteiger partial charge in [0.25, 0.3) is 0 Å². The minimum atomic E-state index is -3.41. The molecule has 0 saturated heterocycles. The van der Waals surface area contributed by atoms with Gasteiger partial charge in [0, 0.05) is 13.1 Å². The van der Waals surface area contributed by atoms with Crippen LogP contribution >= 0.6 is 0 Å². The van der Waals surface area contributed by atoms with E-state index in [1.165, 1.54) is 12.1 Å². The lowest BCUT2D eigenvalue weighted by atomic mass is 10.3. The van der Waals surface area contributed by atoms with E-state index in [9.17, 15) is 8.42 Å². The second-order valence-corrected chi connectivity index (χ2v) is 5.98. The van der Waals surface area contributed by atoms with Crippen LogP contribution < -0.4 is 15.2 Å². The molecule has 19 heavy (non-hydrogen) atoms. The summed E-state index contributed by atoms with van der Waals surface area (Å²) in [5, 5.41) is 0. The Morgan fingerprint density at radius 3 is 2.47 bits per heavy atom. The first-order valence-electron chi connectivity index (χ1n) is 6.52. The molecule has 0 aliphatic carbocycles. The molecule has 0 unspecified atom stereocenters. The smallest absolute Gasteiger partial charge is 0.240 e. The van der Waals surface area contributed by atoms with Gasteiger partial charge in [0.15, 0.2) is 0 Å². The van der Waals surface area contributed by atoms with Gasteiger partial charge in [0.05, 0.1) is 4.90 Å². The lowest BCUT2D eigenvalue weighted by Gasteiger charge is -2.08. The van der Waals surface area contributed by atoms with Crippen molar-refractivity contribution < 1.29 is 13.2 Å². The van der Waals surface area contributed by atoms with Crippen LogP contribution in [0.15, 0.2) is 29.2 Å². The Balaban J connectivity index is 2.58. The summed E-state index contributed by atoms with van der Waals surface area (Å²) in [6, 6.07) is 6.34. The normalized spacial score (nSPS) is 11.5. The van der Waals surface area contributed by atoms with E-state index in [1.807, 2.05) is 0 Å². The Bertz CT molecular complexity index is 457. The third-order valence-corrected chi connectivity index (χ3v) is 4.07. The molecule has 1 aromatic carbocycles. The van der Waals surface area contributed by atoms with Crippen LogP contribution in [0.2, 0.25) is 0 Å². The number of hydrogen-bond acceptors (Lipinski definition) is 4. The van der Waals surface area contributed by atoms with E-state index in [0.717, 1.165) is 19.3 Å². The Kier molecular flexibility index (Phi) is 6.83. The van der Waals surface area contributed by atoms with Crippen molar-refractivity contribution in [2.45, 2.75) is 31.1 Å². The summed E-state index contributed by atoms with van der Waals surface area (Å²) in [6.07, 6.45) is 2.94. The van der Waals surface area contributed by atoms with Gasteiger partial charge in [0.1, 0.15) is 12.4 Å². The van der Waals surface area contributed by atoms with Gasteiger partial charge in [-0.05, 0) is 30.7 Å². The molecule has 0 radical (unpaired) electrons. The summed E-state index contributed by atoms with van der Waals surface area (Å²) in [5.74, 6) is 0.621. The molecule has 0 aromatic heterocycles. The molecule has 6 heteroatoms. The number of nitrogens with two attached hydrogens (primary N) is 1. The molecule has 0 fully saturated rings. The quantitative estimate of drug-likeness (QED) is 0.674. The van der Waals surface area contributed by atoms with E-state index in [1.54, 1.807) is 12.1 Å². The highest BCUT2D eigenvalue weighted by Gasteiger charge is 2.12. The number of rotatable bonds is 9. The van der Waals surface area contributed by atoms with Crippen molar-refractivity contribution in [1.82, 2.24) is 4.72 Å². The first-order chi connectivity index (χ1) is 9.10. The Morgan fingerprint density at radius 2 is 1.89 bits per heavy atom. The van der Waals surface area contributed by atoms with Gasteiger partial charge >= 0.3 is 0 Å². The number of nitrogens with one attached hydrogen (secondary N) is 1. The predicted molar refractivity (Wildman–Crippen MR) is 75.7 cm³/mol. The molecule has 0 heterocycles. The maximum Gasteiger partial charge on any atom is 0.240 e. The molecular weight excluding hydrogens is 264 g/mol. The Labute approximate surface area is 115 Å². The van der Waals surface area contributed by atoms with Crippen molar-refractivity contribution in [2.24, 2.45) is 5.73 Å². The summed E-state index contributed by atoms with van der Waals surface area (Å²) < 4.78 is 31.8. The number of hydrogen-bond donors (Lipinski definition) is 2. The fourth-order valence-electron chi connectivity index (χ4n) is 1.56. The highest BCUT2D eigenvalue weighted by atomic mass is 32.2. The van der Waals surface area contributed by atoms with Crippen molar-refractivity contribution in [3.05, 3.63) is 24.3 Å². The molecule has 1 rings (SSSR count). The highest BCUT2D eigenvalue weighted by molar-refractivity contribution is 7.89. The van der Waals surface area contributed by atoms with Crippen LogP contribution in [0.4, 0.5) is 0 Å². The van der Waals surface area contributed by atoms with Crippen molar-refractivity contribution in [1.29, 1.82) is 0 Å². The molecular formula is C13H22N2O3S. The summed E-state index contributed by atoms with van der Waals surface area (Å²) in [6.45, 7) is 3.40. The average Bonchev–Trinajstić information content (AvgIpc) is 2.42. The van der Waals surface area contributed by atoms with E-state index in [4.69, 9.17) is 10.5 Å². The van der Waals surface area contributed by atoms with Crippen LogP contribution in [0.1, 0.15) is 26.2 Å². The number of sulfonamides is 1. The number of unbranched alkanes of at least 4 members (excludes halogenated alkanes) is 2. The first kappa shape index (κ1) is 15.9. The summed E-state index contributed by atoms with van der Waals surface area (Å²) in [7, 11) is -3.41. The van der Waals surface area contributed by atoms with E-state index in [-0.39, 0.29) is 4.90 Å². The SMILES string of the molecule is CCCCCNS(=O)(=O)c1ccc(OCCN)cc1. The van der Waals surface area contributed by atoms with Gasteiger partial charge < -0.3 is 10.5 Å². The van der Waals surface area contributed by atoms with Crippen molar-refractivity contribution in [3.63, 3.8) is 0 Å². The standard InChI is InChI=1S/C13H22N2O3S/c1-2-3-4-10-15-19(16,17)13-7-5-12(6-8-13)18-11-9-14/h5-8,15H,2-4,9-11,14H2,1H3. The monoisotopic (exact) mass is 286 g/mol. The molecule has 1 aromatic rings. The number of ether oxygens (including phenoxy) is 1. The average molecular weight is 286 g/mol. The van der Waals surface area contributed by atoms with Crippen LogP contribution in [0.3, 0.4) is 0 Å². The summed E-state index contributed by atoms with van der Waals surface area (Å²) in [4.78, 5) is 0.254. The second-order valence-electron chi connectivity index (χ2n) is 4.21. The zero-order valence-corrected chi connectivity index (χ0v) is 12.1. The third kappa shape index (κ3) is 5.59. The first-order valence-corrected chi connectivity index (χ1v) is 8.01. The van der Waals surface area contributed by atoms with Gasteiger partial charge in [-0.25, -0.2) is 13.1 Å². The molecule has 0 spiro atoms. The van der Waals surface area contributed by atoms with Gasteiger partial charge in [-0.15, -0.1) is 0 Å². The molecule has 0 aliphatic rings. The summed E-state index contributed by atoms with van der Waals surface area (Å²) >= 11 is 0. The highest BCUT2D eigenvalue weighted by Crippen LogP contribution is 2.15. The Hall–Kier alpha value is -1.11. The minimum Gasteiger partial charge on any atom is -0.492 e. The van der Waals surface area contributed by atoms with Crippen LogP contribution in [-0.4, -0.2) is 28.1 Å². The lowest BCUT2D eigenvalue weighted by molar-refractivity contribution is 0.328. The van der Waals surface area contributed by atoms with Crippen molar-refractivity contribution in [3.8, 4) is 5.75 Å². The largest absolute Gasteiger partial charge is 0.492 e. The van der Waals surface area contributed by atoms with E-state index in [0.29, 0.717) is 25.4 Å². The molecule has 0 bridgehead atoms. The molecule has 0 atom stereocenters. The topological polar surface area (TPSA) is 81.4 Å². The lowest BCUT2D eigenvalue weighted by Crippen LogP contribution is -2.24. The predicted octanol–water partition coefficient (Wildman–Crippen LogP) is 1.49. The molecule has 5 nitrogen and oxygen atoms in total. The van der Waals surface area contributed by atoms with Gasteiger partial charge in [0.2, 0.25) is 10.0 Å². The zero-order chi connectivity index (χ0) is 14.1. The zero-order valence-electron chi connectivity index (χ0n) is 11.3. The van der Waals surface area contributed by atoms with E-state index in [2.05, 4.69) is 11.6 Å². The molecule has 108 valence electrons. The number of benzene rings is 1. The fourth-order valence-corrected chi connectivity index (χ4v) is 2.63. The van der Waals surface area contributed by atoms with E-state index >= 15 is 0 Å². The Morgan fingerprint density at radius 1 is 1.21 bits per heavy atom. The molecule has 0 aliphatic heterocycles. The third-order valence-electron chi connectivity index (χ3n) is 2.59. The molecule has 0 amide bonds. The molecule has 3 N–H and O–H groups in total. The van der Waals surface area contributed by atoms with Gasteiger partial charge in [-0.2, -0.15) is 0 Å². The maximum atomic E-state index is 11.9. The van der Waals surface area contributed by atoms with Crippen molar-refractivity contribution in [2.75, 3.05) is 19.7 Å². The van der Waals surface area contributed by atoms with Crippen LogP contribution in [0.25, 0.3) is 0 Å². The summed E-state index contributed by atoms with van der Waals surface area (Å²) in [5.41, 5.74) is 5.32. The van der Waals surface area contributed by atoms with Gasteiger partial charge in [-0.3, -0.25) is 0 Å². The maximum absolute atomic E-state index is 11.9. The molecule has 0 saturated carbocycles. The van der Waals surface area contributed by atoms with Gasteiger partial charge in [-0.1, -0.05) is 19.8 Å².